The first-order valence-electron chi connectivity index (χ1n) is 5.81. The predicted molar refractivity (Wildman–Crippen MR) is 59.8 cm³/mol. The van der Waals surface area contributed by atoms with Crippen molar-refractivity contribution < 1.29 is 18.0 Å². The second-order valence-electron chi connectivity index (χ2n) is 3.97. The Kier molecular flexibility index (Phi) is 5.67. The van der Waals surface area contributed by atoms with E-state index in [1.165, 1.54) is 0 Å². The highest BCUT2D eigenvalue weighted by Crippen LogP contribution is 2.14. The normalized spacial score (nSPS) is 11.5. The van der Waals surface area contributed by atoms with Crippen molar-refractivity contribution in [3.63, 3.8) is 0 Å². The average molecular weight is 263 g/mol. The molecular weight excluding hydrogens is 247 g/mol. The van der Waals surface area contributed by atoms with Crippen molar-refractivity contribution >= 4 is 5.91 Å². The summed E-state index contributed by atoms with van der Waals surface area (Å²) in [7, 11) is 0. The number of hydrogen-bond donors (Lipinski definition) is 1. The van der Waals surface area contributed by atoms with Gasteiger partial charge in [-0.1, -0.05) is 12.8 Å². The Labute approximate surface area is 103 Å². The molecule has 1 amide bonds. The van der Waals surface area contributed by atoms with E-state index in [4.69, 9.17) is 0 Å². The monoisotopic (exact) mass is 263 g/mol. The molecule has 1 aromatic rings. The third kappa shape index (κ3) is 5.70. The van der Waals surface area contributed by atoms with Crippen LogP contribution in [-0.2, 0) is 11.3 Å². The fourth-order valence-electron chi connectivity index (χ4n) is 1.49. The molecule has 0 saturated carbocycles. The van der Waals surface area contributed by atoms with Gasteiger partial charge >= 0.3 is 12.1 Å². The van der Waals surface area contributed by atoms with Gasteiger partial charge in [0.15, 0.2) is 0 Å². The SMILES string of the molecule is O=C(NCCCCCCn1ccnc1)C(F)(F)F. The number of aromatic nitrogens is 2. The van der Waals surface area contributed by atoms with Crippen molar-refractivity contribution in [3.8, 4) is 0 Å². The van der Waals surface area contributed by atoms with E-state index < -0.39 is 12.1 Å². The molecule has 0 fully saturated rings. The molecule has 0 atom stereocenters. The van der Waals surface area contributed by atoms with E-state index in [0.717, 1.165) is 25.8 Å². The number of nitrogens with one attached hydrogen (secondary N) is 1. The Morgan fingerprint density at radius 3 is 2.56 bits per heavy atom. The summed E-state index contributed by atoms with van der Waals surface area (Å²) in [4.78, 5) is 14.4. The maximum absolute atomic E-state index is 11.8. The van der Waals surface area contributed by atoms with E-state index in [1.807, 2.05) is 16.1 Å². The molecular formula is C11H16F3N3O. The van der Waals surface area contributed by atoms with Gasteiger partial charge < -0.3 is 9.88 Å². The molecule has 102 valence electrons. The van der Waals surface area contributed by atoms with Crippen LogP contribution in [0.3, 0.4) is 0 Å². The van der Waals surface area contributed by atoms with Crippen molar-refractivity contribution in [1.82, 2.24) is 14.9 Å². The number of hydrogen-bond acceptors (Lipinski definition) is 2. The third-order valence-corrected chi connectivity index (χ3v) is 2.45. The lowest BCUT2D eigenvalue weighted by molar-refractivity contribution is -0.173. The summed E-state index contributed by atoms with van der Waals surface area (Å²) in [6.07, 6.45) is 3.74. The minimum absolute atomic E-state index is 0.0728. The second kappa shape index (κ2) is 7.03. The van der Waals surface area contributed by atoms with Gasteiger partial charge in [0.2, 0.25) is 0 Å². The van der Waals surface area contributed by atoms with Gasteiger partial charge in [0, 0.05) is 25.5 Å². The first-order chi connectivity index (χ1) is 8.50. The molecule has 0 bridgehead atoms. The van der Waals surface area contributed by atoms with Crippen molar-refractivity contribution in [3.05, 3.63) is 18.7 Å². The van der Waals surface area contributed by atoms with Crippen LogP contribution in [0.2, 0.25) is 0 Å². The Morgan fingerprint density at radius 1 is 1.22 bits per heavy atom. The molecule has 0 aromatic carbocycles. The van der Waals surface area contributed by atoms with Gasteiger partial charge in [-0.3, -0.25) is 4.79 Å². The van der Waals surface area contributed by atoms with Crippen molar-refractivity contribution in [1.29, 1.82) is 0 Å². The van der Waals surface area contributed by atoms with E-state index >= 15 is 0 Å². The zero-order valence-electron chi connectivity index (χ0n) is 9.91. The molecule has 0 aliphatic rings. The fraction of sp³-hybridized carbons (Fsp3) is 0.636. The minimum atomic E-state index is -4.78. The molecule has 0 radical (unpaired) electrons. The summed E-state index contributed by atoms with van der Waals surface area (Å²) in [5.41, 5.74) is 0. The number of rotatable bonds is 7. The largest absolute Gasteiger partial charge is 0.471 e. The van der Waals surface area contributed by atoms with Crippen LogP contribution >= 0.6 is 0 Å². The zero-order chi connectivity index (χ0) is 13.4. The van der Waals surface area contributed by atoms with E-state index in [1.54, 1.807) is 12.5 Å². The highest BCUT2D eigenvalue weighted by atomic mass is 19.4. The minimum Gasteiger partial charge on any atom is -0.348 e. The summed E-state index contributed by atoms with van der Waals surface area (Å²) in [6, 6.07) is 0. The number of carbonyl (C=O) groups excluding carboxylic acids is 1. The van der Waals surface area contributed by atoms with Crippen LogP contribution in [0.1, 0.15) is 25.7 Å². The Bertz CT molecular complexity index is 349. The Hall–Kier alpha value is -1.53. The molecule has 1 N–H and O–H groups in total. The van der Waals surface area contributed by atoms with E-state index in [9.17, 15) is 18.0 Å². The molecule has 18 heavy (non-hydrogen) atoms. The zero-order valence-corrected chi connectivity index (χ0v) is 9.91. The molecule has 1 rings (SSSR count). The highest BCUT2D eigenvalue weighted by molar-refractivity contribution is 5.81. The molecule has 0 spiro atoms. The summed E-state index contributed by atoms with van der Waals surface area (Å²) < 4.78 is 37.4. The van der Waals surface area contributed by atoms with Crippen LogP contribution < -0.4 is 5.32 Å². The summed E-state index contributed by atoms with van der Waals surface area (Å²) in [5.74, 6) is -1.86. The Morgan fingerprint density at radius 2 is 1.94 bits per heavy atom. The first-order valence-corrected chi connectivity index (χ1v) is 5.81. The van der Waals surface area contributed by atoms with Gasteiger partial charge in [-0.25, -0.2) is 4.98 Å². The molecule has 7 heteroatoms. The van der Waals surface area contributed by atoms with E-state index in [0.29, 0.717) is 6.42 Å². The van der Waals surface area contributed by atoms with E-state index in [2.05, 4.69) is 4.98 Å². The summed E-state index contributed by atoms with van der Waals surface area (Å²) >= 11 is 0. The Balaban J connectivity index is 1.95. The van der Waals surface area contributed by atoms with E-state index in [-0.39, 0.29) is 6.54 Å². The van der Waals surface area contributed by atoms with Crippen LogP contribution in [0.25, 0.3) is 0 Å². The quantitative estimate of drug-likeness (QED) is 0.766. The molecule has 0 aliphatic heterocycles. The second-order valence-corrected chi connectivity index (χ2v) is 3.97. The highest BCUT2D eigenvalue weighted by Gasteiger charge is 2.38. The molecule has 0 aliphatic carbocycles. The number of halogens is 3. The fourth-order valence-corrected chi connectivity index (χ4v) is 1.49. The number of carbonyl (C=O) groups is 1. The lowest BCUT2D eigenvalue weighted by atomic mass is 10.2. The van der Waals surface area contributed by atoms with Crippen LogP contribution in [0, 0.1) is 0 Å². The topological polar surface area (TPSA) is 46.9 Å². The van der Waals surface area contributed by atoms with Crippen LogP contribution in [0.15, 0.2) is 18.7 Å². The number of aryl methyl sites for hydroxylation is 1. The lowest BCUT2D eigenvalue weighted by Crippen LogP contribution is -2.37. The smallest absolute Gasteiger partial charge is 0.348 e. The van der Waals surface area contributed by atoms with Gasteiger partial charge in [-0.05, 0) is 12.8 Å². The summed E-state index contributed by atoms with van der Waals surface area (Å²) in [5, 5.41) is 1.85. The average Bonchev–Trinajstić information content (AvgIpc) is 2.79. The molecule has 1 aromatic heterocycles. The number of imidazole rings is 1. The number of nitrogens with zero attached hydrogens (tertiary/aromatic N) is 2. The van der Waals surface area contributed by atoms with Crippen LogP contribution in [0.4, 0.5) is 13.2 Å². The maximum atomic E-state index is 11.8. The van der Waals surface area contributed by atoms with Gasteiger partial charge in [0.1, 0.15) is 0 Å². The lowest BCUT2D eigenvalue weighted by Gasteiger charge is -2.07. The van der Waals surface area contributed by atoms with Gasteiger partial charge in [0.25, 0.3) is 0 Å². The summed E-state index contributed by atoms with van der Waals surface area (Å²) in [6.45, 7) is 0.929. The van der Waals surface area contributed by atoms with Crippen LogP contribution in [0.5, 0.6) is 0 Å². The molecule has 0 unspecified atom stereocenters. The number of unbranched alkanes of at least 4 members (excludes halogenated alkanes) is 3. The molecule has 4 nitrogen and oxygen atoms in total. The van der Waals surface area contributed by atoms with Crippen molar-refractivity contribution in [2.24, 2.45) is 0 Å². The molecule has 1 heterocycles. The maximum Gasteiger partial charge on any atom is 0.471 e. The van der Waals surface area contributed by atoms with Gasteiger partial charge in [-0.2, -0.15) is 13.2 Å². The van der Waals surface area contributed by atoms with Gasteiger partial charge in [0.05, 0.1) is 6.33 Å². The number of alkyl halides is 3. The predicted octanol–water partition coefficient (Wildman–Crippen LogP) is 2.12. The third-order valence-electron chi connectivity index (χ3n) is 2.45. The first kappa shape index (κ1) is 14.5. The number of amides is 1. The van der Waals surface area contributed by atoms with Gasteiger partial charge in [-0.15, -0.1) is 0 Å². The van der Waals surface area contributed by atoms with Crippen molar-refractivity contribution in [2.45, 2.75) is 38.4 Å². The molecule has 0 saturated heterocycles. The van der Waals surface area contributed by atoms with Crippen LogP contribution in [-0.4, -0.2) is 28.2 Å². The van der Waals surface area contributed by atoms with Crippen molar-refractivity contribution in [2.75, 3.05) is 6.54 Å². The standard InChI is InChI=1S/C11H16F3N3O/c12-11(13,14)10(18)16-5-3-1-2-4-7-17-8-6-15-9-17/h6,8-9H,1-5,7H2,(H,16,18).